The predicted molar refractivity (Wildman–Crippen MR) is 64.4 cm³/mol. The lowest BCUT2D eigenvalue weighted by Gasteiger charge is -2.36. The van der Waals surface area contributed by atoms with Crippen LogP contribution < -0.4 is 5.32 Å². The smallest absolute Gasteiger partial charge is 0.407 e. The van der Waals surface area contributed by atoms with Crippen molar-refractivity contribution in [2.45, 2.75) is 44.7 Å². The molecule has 0 spiro atoms. The van der Waals surface area contributed by atoms with Crippen LogP contribution in [-0.4, -0.2) is 61.0 Å². The first-order chi connectivity index (χ1) is 8.97. The second kappa shape index (κ2) is 5.73. The van der Waals surface area contributed by atoms with Crippen LogP contribution >= 0.6 is 0 Å². The number of nitrogens with one attached hydrogen (secondary N) is 1. The monoisotopic (exact) mass is 274 g/mol. The molecule has 0 aromatic heterocycles. The second-order valence-electron chi connectivity index (χ2n) is 5.11. The van der Waals surface area contributed by atoms with Gasteiger partial charge in [-0.3, -0.25) is 4.79 Å². The molecule has 108 valence electrons. The summed E-state index contributed by atoms with van der Waals surface area (Å²) in [5, 5.41) is 2.40. The van der Waals surface area contributed by atoms with Crippen LogP contribution in [-0.2, 0) is 14.3 Å². The van der Waals surface area contributed by atoms with Crippen molar-refractivity contribution in [3.63, 3.8) is 0 Å². The minimum absolute atomic E-state index is 0.00257. The van der Waals surface area contributed by atoms with Gasteiger partial charge in [0, 0.05) is 6.54 Å². The number of alkyl halides is 1. The van der Waals surface area contributed by atoms with Crippen molar-refractivity contribution in [3.8, 4) is 0 Å². The summed E-state index contributed by atoms with van der Waals surface area (Å²) in [6, 6.07) is -0.692. The quantitative estimate of drug-likeness (QED) is 0.812. The van der Waals surface area contributed by atoms with Gasteiger partial charge >= 0.3 is 6.09 Å². The number of carbonyl (C=O) groups excluding carboxylic acids is 2. The zero-order valence-corrected chi connectivity index (χ0v) is 11.1. The van der Waals surface area contributed by atoms with Crippen molar-refractivity contribution in [1.29, 1.82) is 0 Å². The highest BCUT2D eigenvalue weighted by Gasteiger charge is 2.37. The number of nitrogens with zero attached hydrogens (tertiary/aromatic N) is 1. The van der Waals surface area contributed by atoms with Crippen molar-refractivity contribution in [3.05, 3.63) is 0 Å². The van der Waals surface area contributed by atoms with Gasteiger partial charge < -0.3 is 19.7 Å². The van der Waals surface area contributed by atoms with E-state index < -0.39 is 24.4 Å². The molecule has 19 heavy (non-hydrogen) atoms. The summed E-state index contributed by atoms with van der Waals surface area (Å²) < 4.78 is 24.1. The van der Waals surface area contributed by atoms with Crippen molar-refractivity contribution in [1.82, 2.24) is 10.2 Å². The van der Waals surface area contributed by atoms with E-state index in [1.165, 1.54) is 4.90 Å². The van der Waals surface area contributed by atoms with Crippen LogP contribution in [0.4, 0.5) is 9.18 Å². The minimum Gasteiger partial charge on any atom is -0.447 e. The Kier molecular flexibility index (Phi) is 4.24. The number of amides is 2. The average Bonchev–Trinajstić information content (AvgIpc) is 2.77. The molecular weight excluding hydrogens is 255 g/mol. The third-order valence-electron chi connectivity index (χ3n) is 3.21. The Labute approximate surface area is 111 Å². The molecule has 2 amide bonds. The van der Waals surface area contributed by atoms with Gasteiger partial charge in [-0.25, -0.2) is 9.18 Å². The van der Waals surface area contributed by atoms with E-state index in [0.29, 0.717) is 13.0 Å². The standard InChI is InChI=1S/C12H19FN2O4/c1-7(2)19-10-3-4-15(5-8(10)13)11(16)9-6-18-12(17)14-9/h7-10H,3-6H2,1-2H3,(H,14,17)/t8-,9+,10+/m1/s1. The summed E-state index contributed by atoms with van der Waals surface area (Å²) in [7, 11) is 0. The molecule has 0 aliphatic carbocycles. The fraction of sp³-hybridized carbons (Fsp3) is 0.833. The van der Waals surface area contributed by atoms with Crippen LogP contribution in [0.15, 0.2) is 0 Å². The Morgan fingerprint density at radius 2 is 2.32 bits per heavy atom. The first-order valence-electron chi connectivity index (χ1n) is 6.49. The molecule has 2 saturated heterocycles. The van der Waals surface area contributed by atoms with Gasteiger partial charge in [0.1, 0.15) is 18.8 Å². The molecule has 0 aromatic rings. The number of hydrogen-bond donors (Lipinski definition) is 1. The lowest BCUT2D eigenvalue weighted by molar-refractivity contribution is -0.140. The SMILES string of the molecule is CC(C)O[C@H]1CCN(C(=O)[C@@H]2COC(=O)N2)C[C@H]1F. The summed E-state index contributed by atoms with van der Waals surface area (Å²) in [6.45, 7) is 4.16. The first kappa shape index (κ1) is 14.0. The Bertz CT molecular complexity index is 364. The van der Waals surface area contributed by atoms with E-state index in [1.807, 2.05) is 13.8 Å². The zero-order valence-electron chi connectivity index (χ0n) is 11.1. The van der Waals surface area contributed by atoms with E-state index in [4.69, 9.17) is 4.74 Å². The van der Waals surface area contributed by atoms with Crippen molar-refractivity contribution < 1.29 is 23.5 Å². The Morgan fingerprint density at radius 1 is 1.58 bits per heavy atom. The third kappa shape index (κ3) is 3.34. The lowest BCUT2D eigenvalue weighted by atomic mass is 10.0. The van der Waals surface area contributed by atoms with Gasteiger partial charge in [0.15, 0.2) is 0 Å². The van der Waals surface area contributed by atoms with Crippen LogP contribution in [0.5, 0.6) is 0 Å². The Hall–Kier alpha value is -1.37. The molecular formula is C12H19FN2O4. The van der Waals surface area contributed by atoms with Crippen molar-refractivity contribution in [2.24, 2.45) is 0 Å². The largest absolute Gasteiger partial charge is 0.447 e. The molecule has 0 unspecified atom stereocenters. The van der Waals surface area contributed by atoms with Gasteiger partial charge in [0.05, 0.1) is 18.8 Å². The second-order valence-corrected chi connectivity index (χ2v) is 5.11. The van der Waals surface area contributed by atoms with E-state index in [2.05, 4.69) is 10.1 Å². The van der Waals surface area contributed by atoms with Gasteiger partial charge in [0.2, 0.25) is 5.91 Å². The van der Waals surface area contributed by atoms with E-state index in [1.54, 1.807) is 0 Å². The summed E-state index contributed by atoms with van der Waals surface area (Å²) in [5.41, 5.74) is 0. The number of cyclic esters (lactones) is 1. The van der Waals surface area contributed by atoms with E-state index in [9.17, 15) is 14.0 Å². The van der Waals surface area contributed by atoms with Gasteiger partial charge in [0.25, 0.3) is 0 Å². The number of rotatable bonds is 3. The molecule has 0 radical (unpaired) electrons. The van der Waals surface area contributed by atoms with E-state index in [0.717, 1.165) is 0 Å². The van der Waals surface area contributed by atoms with Gasteiger partial charge in [-0.1, -0.05) is 0 Å². The van der Waals surface area contributed by atoms with Crippen LogP contribution in [0.25, 0.3) is 0 Å². The maximum atomic E-state index is 13.9. The van der Waals surface area contributed by atoms with Crippen molar-refractivity contribution >= 4 is 12.0 Å². The molecule has 0 saturated carbocycles. The Morgan fingerprint density at radius 3 is 2.84 bits per heavy atom. The molecule has 0 bridgehead atoms. The molecule has 2 fully saturated rings. The van der Waals surface area contributed by atoms with Crippen LogP contribution in [0.2, 0.25) is 0 Å². The molecule has 2 aliphatic rings. The lowest BCUT2D eigenvalue weighted by Crippen LogP contribution is -2.53. The van der Waals surface area contributed by atoms with Crippen LogP contribution in [0.1, 0.15) is 20.3 Å². The molecule has 2 aliphatic heterocycles. The topological polar surface area (TPSA) is 67.9 Å². The number of alkyl carbamates (subject to hydrolysis) is 1. The highest BCUT2D eigenvalue weighted by atomic mass is 19.1. The summed E-state index contributed by atoms with van der Waals surface area (Å²) in [6.07, 6.45) is -1.83. The predicted octanol–water partition coefficient (Wildman–Crippen LogP) is 0.459. The molecule has 2 heterocycles. The number of piperidine rings is 1. The average molecular weight is 274 g/mol. The number of likely N-dealkylation sites (tertiary alicyclic amines) is 1. The molecule has 6 nitrogen and oxygen atoms in total. The highest BCUT2D eigenvalue weighted by molar-refractivity contribution is 5.88. The summed E-state index contributed by atoms with van der Waals surface area (Å²) >= 11 is 0. The highest BCUT2D eigenvalue weighted by Crippen LogP contribution is 2.20. The van der Waals surface area contributed by atoms with Gasteiger partial charge in [-0.15, -0.1) is 0 Å². The number of carbonyl (C=O) groups is 2. The Balaban J connectivity index is 1.87. The third-order valence-corrected chi connectivity index (χ3v) is 3.21. The van der Waals surface area contributed by atoms with E-state index >= 15 is 0 Å². The van der Waals surface area contributed by atoms with Crippen LogP contribution in [0, 0.1) is 0 Å². The minimum atomic E-state index is -1.20. The molecule has 3 atom stereocenters. The molecule has 1 N–H and O–H groups in total. The molecule has 2 rings (SSSR count). The fourth-order valence-electron chi connectivity index (χ4n) is 2.32. The number of ether oxygens (including phenoxy) is 2. The van der Waals surface area contributed by atoms with Gasteiger partial charge in [-0.05, 0) is 20.3 Å². The number of hydrogen-bond acceptors (Lipinski definition) is 4. The summed E-state index contributed by atoms with van der Waals surface area (Å²) in [5.74, 6) is -0.295. The zero-order chi connectivity index (χ0) is 14.0. The van der Waals surface area contributed by atoms with Gasteiger partial charge in [-0.2, -0.15) is 0 Å². The maximum Gasteiger partial charge on any atom is 0.407 e. The first-order valence-corrected chi connectivity index (χ1v) is 6.49. The van der Waals surface area contributed by atoms with Crippen molar-refractivity contribution in [2.75, 3.05) is 19.7 Å². The maximum absolute atomic E-state index is 13.9. The van der Waals surface area contributed by atoms with E-state index in [-0.39, 0.29) is 25.2 Å². The van der Waals surface area contributed by atoms with Crippen LogP contribution in [0.3, 0.4) is 0 Å². The number of halogens is 1. The molecule has 0 aromatic carbocycles. The normalized spacial score (nSPS) is 31.3. The molecule has 7 heteroatoms. The summed E-state index contributed by atoms with van der Waals surface area (Å²) in [4.78, 5) is 24.3. The fourth-order valence-corrected chi connectivity index (χ4v) is 2.32.